The Kier molecular flexibility index (Phi) is 6.68. The summed E-state index contributed by atoms with van der Waals surface area (Å²) in [5.74, 6) is 0.888. The predicted molar refractivity (Wildman–Crippen MR) is 123 cm³/mol. The van der Waals surface area contributed by atoms with E-state index in [4.69, 9.17) is 9.84 Å². The number of carbonyl (C=O) groups excluding carboxylic acids is 1. The third kappa shape index (κ3) is 4.81. The van der Waals surface area contributed by atoms with Gasteiger partial charge in [0.05, 0.1) is 25.4 Å². The average Bonchev–Trinajstić information content (AvgIpc) is 3.25. The number of nitrogens with zero attached hydrogens (tertiary/aromatic N) is 4. The predicted octanol–water partition coefficient (Wildman–Crippen LogP) is 3.32. The first-order chi connectivity index (χ1) is 15.1. The van der Waals surface area contributed by atoms with Crippen molar-refractivity contribution in [1.82, 2.24) is 14.8 Å². The van der Waals surface area contributed by atoms with Gasteiger partial charge in [-0.1, -0.05) is 31.2 Å². The van der Waals surface area contributed by atoms with Crippen molar-refractivity contribution >= 4 is 11.6 Å². The van der Waals surface area contributed by atoms with Crippen LogP contribution in [0.5, 0.6) is 5.75 Å². The molecule has 0 aromatic heterocycles. The number of hydrazone groups is 1. The molecule has 0 bridgehead atoms. The fourth-order valence-electron chi connectivity index (χ4n) is 4.43. The first kappa shape index (κ1) is 21.5. The lowest BCUT2D eigenvalue weighted by molar-refractivity contribution is -0.134. The summed E-state index contributed by atoms with van der Waals surface area (Å²) >= 11 is 0. The average molecular weight is 421 g/mol. The largest absolute Gasteiger partial charge is 0.497 e. The summed E-state index contributed by atoms with van der Waals surface area (Å²) < 4.78 is 5.28. The molecule has 1 fully saturated rings. The summed E-state index contributed by atoms with van der Waals surface area (Å²) in [5, 5.41) is 6.56. The molecule has 4 rings (SSSR count). The number of carbonyl (C=O) groups is 1. The molecule has 0 spiro atoms. The molecule has 1 atom stereocenters. The van der Waals surface area contributed by atoms with E-state index < -0.39 is 0 Å². The lowest BCUT2D eigenvalue weighted by Gasteiger charge is -2.34. The summed E-state index contributed by atoms with van der Waals surface area (Å²) in [7, 11) is 1.66. The van der Waals surface area contributed by atoms with E-state index in [2.05, 4.69) is 35.8 Å². The molecule has 31 heavy (non-hydrogen) atoms. The van der Waals surface area contributed by atoms with Crippen LogP contribution in [0.25, 0.3) is 0 Å². The lowest BCUT2D eigenvalue weighted by Crippen LogP contribution is -2.49. The van der Waals surface area contributed by atoms with Crippen LogP contribution in [-0.4, -0.2) is 72.8 Å². The summed E-state index contributed by atoms with van der Waals surface area (Å²) in [4.78, 5) is 18.1. The van der Waals surface area contributed by atoms with Crippen molar-refractivity contribution in [2.75, 3.05) is 46.4 Å². The normalized spacial score (nSPS) is 20.0. The van der Waals surface area contributed by atoms with E-state index in [1.54, 1.807) is 12.1 Å². The topological polar surface area (TPSA) is 48.4 Å². The Hall–Kier alpha value is -2.70. The number of hydrogen-bond acceptors (Lipinski definition) is 5. The molecule has 0 N–H and O–H groups in total. The highest BCUT2D eigenvalue weighted by atomic mass is 16.5. The van der Waals surface area contributed by atoms with Gasteiger partial charge in [-0.05, 0) is 54.4 Å². The van der Waals surface area contributed by atoms with Crippen LogP contribution in [0.4, 0.5) is 0 Å². The number of piperazine rings is 1. The first-order valence-corrected chi connectivity index (χ1v) is 11.1. The van der Waals surface area contributed by atoms with Crippen molar-refractivity contribution in [3.8, 4) is 5.75 Å². The molecule has 0 aliphatic carbocycles. The van der Waals surface area contributed by atoms with Crippen molar-refractivity contribution in [2.45, 2.75) is 26.3 Å². The summed E-state index contributed by atoms with van der Waals surface area (Å²) in [6.07, 6.45) is 0.715. The number of rotatable bonds is 6. The zero-order chi connectivity index (χ0) is 21.8. The lowest BCUT2D eigenvalue weighted by atomic mass is 9.95. The first-order valence-electron chi connectivity index (χ1n) is 11.1. The minimum absolute atomic E-state index is 0.0669. The Morgan fingerprint density at radius 2 is 1.71 bits per heavy atom. The third-order valence-corrected chi connectivity index (χ3v) is 6.41. The van der Waals surface area contributed by atoms with Crippen molar-refractivity contribution in [1.29, 1.82) is 0 Å². The van der Waals surface area contributed by atoms with Gasteiger partial charge in [-0.2, -0.15) is 5.10 Å². The Morgan fingerprint density at radius 3 is 2.35 bits per heavy atom. The molecule has 0 radical (unpaired) electrons. The number of benzene rings is 2. The van der Waals surface area contributed by atoms with Crippen molar-refractivity contribution in [2.24, 2.45) is 5.10 Å². The number of methoxy groups -OCH3 is 1. The van der Waals surface area contributed by atoms with Gasteiger partial charge < -0.3 is 9.64 Å². The maximum absolute atomic E-state index is 13.4. The Morgan fingerprint density at radius 1 is 1.03 bits per heavy atom. The van der Waals surface area contributed by atoms with Crippen LogP contribution in [0, 0.1) is 6.92 Å². The number of aryl methyl sites for hydroxylation is 1. The van der Waals surface area contributed by atoms with Crippen LogP contribution in [0.2, 0.25) is 0 Å². The maximum Gasteiger partial charge on any atom is 0.257 e. The molecule has 2 heterocycles. The Bertz CT molecular complexity index is 933. The molecule has 1 saturated heterocycles. The van der Waals surface area contributed by atoms with Crippen LogP contribution < -0.4 is 4.74 Å². The Labute approximate surface area is 185 Å². The third-order valence-electron chi connectivity index (χ3n) is 6.41. The van der Waals surface area contributed by atoms with Crippen LogP contribution in [0.15, 0.2) is 53.6 Å². The minimum Gasteiger partial charge on any atom is -0.497 e. The van der Waals surface area contributed by atoms with E-state index in [-0.39, 0.29) is 11.9 Å². The number of amides is 1. The van der Waals surface area contributed by atoms with Gasteiger partial charge in [0.1, 0.15) is 5.75 Å². The second-order valence-corrected chi connectivity index (χ2v) is 8.30. The number of ether oxygens (including phenoxy) is 1. The van der Waals surface area contributed by atoms with Gasteiger partial charge >= 0.3 is 0 Å². The molecule has 6 heteroatoms. The highest BCUT2D eigenvalue weighted by Crippen LogP contribution is 2.34. The Balaban J connectivity index is 1.56. The van der Waals surface area contributed by atoms with Crippen molar-refractivity contribution in [3.05, 3.63) is 65.2 Å². The van der Waals surface area contributed by atoms with Gasteiger partial charge in [0.2, 0.25) is 0 Å². The molecule has 2 aliphatic rings. The maximum atomic E-state index is 13.4. The van der Waals surface area contributed by atoms with Gasteiger partial charge in [0.15, 0.2) is 0 Å². The molecule has 0 saturated carbocycles. The van der Waals surface area contributed by atoms with Gasteiger partial charge in [-0.25, -0.2) is 5.01 Å². The highest BCUT2D eigenvalue weighted by Gasteiger charge is 2.34. The molecule has 164 valence electrons. The van der Waals surface area contributed by atoms with E-state index in [9.17, 15) is 4.79 Å². The van der Waals surface area contributed by atoms with Crippen LogP contribution in [-0.2, 0) is 4.79 Å². The molecule has 2 aliphatic heterocycles. The van der Waals surface area contributed by atoms with Gasteiger partial charge in [-0.15, -0.1) is 0 Å². The van der Waals surface area contributed by atoms with Crippen LogP contribution in [0.1, 0.15) is 36.1 Å². The second kappa shape index (κ2) is 9.62. The molecule has 6 nitrogen and oxygen atoms in total. The molecular weight excluding hydrogens is 388 g/mol. The van der Waals surface area contributed by atoms with Crippen molar-refractivity contribution < 1.29 is 9.53 Å². The summed E-state index contributed by atoms with van der Waals surface area (Å²) in [6, 6.07) is 16.2. The quantitative estimate of drug-likeness (QED) is 0.719. The molecule has 1 amide bonds. The highest BCUT2D eigenvalue weighted by molar-refractivity contribution is 6.03. The van der Waals surface area contributed by atoms with E-state index >= 15 is 0 Å². The van der Waals surface area contributed by atoms with Crippen molar-refractivity contribution in [3.63, 3.8) is 0 Å². The van der Waals surface area contributed by atoms with Gasteiger partial charge in [-0.3, -0.25) is 9.69 Å². The fourth-order valence-corrected chi connectivity index (χ4v) is 4.43. The van der Waals surface area contributed by atoms with Crippen LogP contribution >= 0.6 is 0 Å². The summed E-state index contributed by atoms with van der Waals surface area (Å²) in [5.41, 5.74) is 4.33. The molecule has 2 aromatic rings. The van der Waals surface area contributed by atoms with E-state index in [0.717, 1.165) is 49.7 Å². The zero-order valence-electron chi connectivity index (χ0n) is 18.8. The van der Waals surface area contributed by atoms with Crippen LogP contribution in [0.3, 0.4) is 0 Å². The summed E-state index contributed by atoms with van der Waals surface area (Å²) in [6.45, 7) is 9.67. The second-order valence-electron chi connectivity index (χ2n) is 8.30. The van der Waals surface area contributed by atoms with E-state index in [0.29, 0.717) is 13.0 Å². The standard InChI is InChI=1S/C25H32N4O2/c1-4-27-13-15-28(16-14-27)18-25(30)29-24(22-8-6-5-7-19(22)2)17-23(26-29)20-9-11-21(31-3)12-10-20/h5-12,24H,4,13-18H2,1-3H3. The molecular formula is C25H32N4O2. The minimum atomic E-state index is -0.0669. The molecule has 1 unspecified atom stereocenters. The monoisotopic (exact) mass is 420 g/mol. The fraction of sp³-hybridized carbons (Fsp3) is 0.440. The SMILES string of the molecule is CCN1CCN(CC(=O)N2N=C(c3ccc(OC)cc3)CC2c2ccccc2C)CC1. The number of hydrogen-bond donors (Lipinski definition) is 0. The van der Waals surface area contributed by atoms with E-state index in [1.807, 2.05) is 36.4 Å². The number of likely N-dealkylation sites (N-methyl/N-ethyl adjacent to an activating group) is 1. The van der Waals surface area contributed by atoms with E-state index in [1.165, 1.54) is 11.1 Å². The smallest absolute Gasteiger partial charge is 0.257 e. The van der Waals surface area contributed by atoms with Gasteiger partial charge in [0.25, 0.3) is 5.91 Å². The zero-order valence-corrected chi connectivity index (χ0v) is 18.8. The van der Waals surface area contributed by atoms with Gasteiger partial charge in [0, 0.05) is 32.6 Å². The molecule has 2 aromatic carbocycles.